The van der Waals surface area contributed by atoms with Gasteiger partial charge in [0.1, 0.15) is 0 Å². The summed E-state index contributed by atoms with van der Waals surface area (Å²) in [5.74, 6) is 0.562. The van der Waals surface area contributed by atoms with Gasteiger partial charge in [0.15, 0.2) is 0 Å². The summed E-state index contributed by atoms with van der Waals surface area (Å²) in [6, 6.07) is 4.28. The Morgan fingerprint density at radius 3 is 2.60 bits per heavy atom. The van der Waals surface area contributed by atoms with E-state index in [1.165, 1.54) is 17.7 Å². The van der Waals surface area contributed by atoms with Crippen LogP contribution in [0, 0.1) is 5.92 Å². The van der Waals surface area contributed by atoms with Gasteiger partial charge in [0.05, 0.1) is 6.04 Å². The van der Waals surface area contributed by atoms with Gasteiger partial charge in [-0.2, -0.15) is 0 Å². The van der Waals surface area contributed by atoms with Gasteiger partial charge in [-0.15, -0.1) is 11.3 Å². The smallest absolute Gasteiger partial charge is 0.236 e. The summed E-state index contributed by atoms with van der Waals surface area (Å²) in [7, 11) is 0. The number of carbonyl (C=O) groups is 1. The lowest BCUT2D eigenvalue weighted by Gasteiger charge is -2.25. The van der Waals surface area contributed by atoms with Crippen LogP contribution in [0.15, 0.2) is 17.5 Å². The number of hydrogen-bond donors (Lipinski definition) is 2. The first kappa shape index (κ1) is 17.2. The summed E-state index contributed by atoms with van der Waals surface area (Å²) in [5.41, 5.74) is 0. The summed E-state index contributed by atoms with van der Waals surface area (Å²) in [5, 5.41) is 8.55. The monoisotopic (exact) mass is 296 g/mol. The van der Waals surface area contributed by atoms with E-state index in [4.69, 9.17) is 0 Å². The summed E-state index contributed by atoms with van der Waals surface area (Å²) in [6.45, 7) is 9.26. The van der Waals surface area contributed by atoms with Crippen LogP contribution in [0.4, 0.5) is 0 Å². The molecule has 0 fully saturated rings. The van der Waals surface area contributed by atoms with Crippen LogP contribution in [0.2, 0.25) is 0 Å². The highest BCUT2D eigenvalue weighted by Crippen LogP contribution is 2.26. The van der Waals surface area contributed by atoms with Gasteiger partial charge in [-0.3, -0.25) is 10.1 Å². The average molecular weight is 296 g/mol. The van der Waals surface area contributed by atoms with E-state index in [-0.39, 0.29) is 18.0 Å². The van der Waals surface area contributed by atoms with E-state index >= 15 is 0 Å². The minimum atomic E-state index is -0.161. The van der Waals surface area contributed by atoms with Crippen molar-refractivity contribution in [3.8, 4) is 0 Å². The number of unbranched alkanes of at least 4 members (excludes halogenated alkanes) is 2. The zero-order valence-corrected chi connectivity index (χ0v) is 13.9. The number of nitrogens with one attached hydrogen (secondary N) is 2. The molecule has 2 unspecified atom stereocenters. The largest absolute Gasteiger partial charge is 0.355 e. The van der Waals surface area contributed by atoms with Gasteiger partial charge in [-0.25, -0.2) is 0 Å². The fourth-order valence-electron chi connectivity index (χ4n) is 2.16. The van der Waals surface area contributed by atoms with Crippen molar-refractivity contribution >= 4 is 17.2 Å². The van der Waals surface area contributed by atoms with Crippen LogP contribution in [-0.2, 0) is 4.79 Å². The Hall–Kier alpha value is -0.870. The molecule has 1 aromatic rings. The first-order valence-electron chi connectivity index (χ1n) is 7.63. The maximum absolute atomic E-state index is 12.1. The molecule has 0 aliphatic heterocycles. The van der Waals surface area contributed by atoms with Crippen molar-refractivity contribution in [2.75, 3.05) is 6.54 Å². The van der Waals surface area contributed by atoms with Crippen LogP contribution in [0.1, 0.15) is 57.9 Å². The zero-order chi connectivity index (χ0) is 15.0. The number of rotatable bonds is 9. The molecule has 1 rings (SSSR count). The van der Waals surface area contributed by atoms with Crippen molar-refractivity contribution < 1.29 is 4.79 Å². The van der Waals surface area contributed by atoms with Crippen molar-refractivity contribution in [2.45, 2.75) is 59.0 Å². The van der Waals surface area contributed by atoms with Crippen LogP contribution >= 0.6 is 11.3 Å². The number of hydrogen-bond acceptors (Lipinski definition) is 3. The molecule has 0 spiro atoms. The van der Waals surface area contributed by atoms with Crippen LogP contribution in [0.3, 0.4) is 0 Å². The Bertz CT molecular complexity index is 376. The minimum Gasteiger partial charge on any atom is -0.355 e. The molecule has 20 heavy (non-hydrogen) atoms. The molecule has 0 aromatic carbocycles. The Morgan fingerprint density at radius 1 is 1.30 bits per heavy atom. The van der Waals surface area contributed by atoms with Gasteiger partial charge in [0.2, 0.25) is 5.91 Å². The molecule has 114 valence electrons. The van der Waals surface area contributed by atoms with Crippen molar-refractivity contribution in [1.29, 1.82) is 0 Å². The van der Waals surface area contributed by atoms with Crippen LogP contribution in [-0.4, -0.2) is 18.5 Å². The Balaban J connectivity index is 2.45. The Kier molecular flexibility index (Phi) is 7.85. The fraction of sp³-hybridized carbons (Fsp3) is 0.688. The van der Waals surface area contributed by atoms with E-state index in [2.05, 4.69) is 48.9 Å². The molecule has 0 aliphatic carbocycles. The highest BCUT2D eigenvalue weighted by Gasteiger charge is 2.22. The minimum absolute atomic E-state index is 0.100. The molecule has 0 radical (unpaired) electrons. The third-order valence-electron chi connectivity index (χ3n) is 3.42. The predicted octanol–water partition coefficient (Wildman–Crippen LogP) is 3.73. The molecule has 2 atom stereocenters. The second kappa shape index (κ2) is 9.14. The second-order valence-electron chi connectivity index (χ2n) is 5.62. The fourth-order valence-corrected chi connectivity index (χ4v) is 3.11. The third kappa shape index (κ3) is 5.63. The molecular formula is C16H28N2OS. The van der Waals surface area contributed by atoms with E-state index in [0.29, 0.717) is 5.92 Å². The lowest BCUT2D eigenvalue weighted by molar-refractivity contribution is -0.123. The molecule has 2 N–H and O–H groups in total. The Labute approximate surface area is 127 Å². The first-order valence-corrected chi connectivity index (χ1v) is 8.51. The van der Waals surface area contributed by atoms with E-state index in [1.807, 2.05) is 6.92 Å². The van der Waals surface area contributed by atoms with E-state index in [9.17, 15) is 4.79 Å². The standard InChI is InChI=1S/C16H28N2OS/c1-5-6-7-10-17-16(19)13(4)18-15(12(2)3)14-9-8-11-20-14/h8-9,11-13,15,18H,5-7,10H2,1-4H3,(H,17,19). The molecule has 1 amide bonds. The van der Waals surface area contributed by atoms with Crippen LogP contribution < -0.4 is 10.6 Å². The summed E-state index contributed by atoms with van der Waals surface area (Å²) >= 11 is 1.74. The number of thiophene rings is 1. The maximum atomic E-state index is 12.1. The van der Waals surface area contributed by atoms with E-state index < -0.39 is 0 Å². The second-order valence-corrected chi connectivity index (χ2v) is 6.60. The molecule has 1 aromatic heterocycles. The molecule has 1 heterocycles. The number of carbonyl (C=O) groups excluding carboxylic acids is 1. The van der Waals surface area contributed by atoms with Gasteiger partial charge >= 0.3 is 0 Å². The summed E-state index contributed by atoms with van der Waals surface area (Å²) in [4.78, 5) is 13.4. The highest BCUT2D eigenvalue weighted by atomic mass is 32.1. The van der Waals surface area contributed by atoms with Gasteiger partial charge in [-0.05, 0) is 30.7 Å². The molecule has 4 heteroatoms. The zero-order valence-electron chi connectivity index (χ0n) is 13.1. The van der Waals surface area contributed by atoms with Crippen molar-refractivity contribution in [3.63, 3.8) is 0 Å². The normalized spacial score (nSPS) is 14.2. The van der Waals surface area contributed by atoms with Gasteiger partial charge < -0.3 is 5.32 Å². The van der Waals surface area contributed by atoms with Crippen molar-refractivity contribution in [1.82, 2.24) is 10.6 Å². The highest BCUT2D eigenvalue weighted by molar-refractivity contribution is 7.10. The van der Waals surface area contributed by atoms with Gasteiger partial charge in [-0.1, -0.05) is 39.7 Å². The quantitative estimate of drug-likeness (QED) is 0.682. The average Bonchev–Trinajstić information content (AvgIpc) is 2.93. The van der Waals surface area contributed by atoms with E-state index in [1.54, 1.807) is 11.3 Å². The van der Waals surface area contributed by atoms with Gasteiger partial charge in [0, 0.05) is 17.5 Å². The molecular weight excluding hydrogens is 268 g/mol. The van der Waals surface area contributed by atoms with Crippen LogP contribution in [0.5, 0.6) is 0 Å². The lowest BCUT2D eigenvalue weighted by atomic mass is 10.0. The predicted molar refractivity (Wildman–Crippen MR) is 87.0 cm³/mol. The molecule has 0 bridgehead atoms. The third-order valence-corrected chi connectivity index (χ3v) is 4.37. The topological polar surface area (TPSA) is 41.1 Å². The van der Waals surface area contributed by atoms with E-state index in [0.717, 1.165) is 13.0 Å². The maximum Gasteiger partial charge on any atom is 0.236 e. The van der Waals surface area contributed by atoms with Gasteiger partial charge in [0.25, 0.3) is 0 Å². The number of amides is 1. The summed E-state index contributed by atoms with van der Waals surface area (Å²) in [6.07, 6.45) is 3.41. The molecule has 3 nitrogen and oxygen atoms in total. The molecule has 0 saturated carbocycles. The van der Waals surface area contributed by atoms with Crippen molar-refractivity contribution in [3.05, 3.63) is 22.4 Å². The Morgan fingerprint density at radius 2 is 2.05 bits per heavy atom. The molecule has 0 saturated heterocycles. The van der Waals surface area contributed by atoms with Crippen LogP contribution in [0.25, 0.3) is 0 Å². The SMILES string of the molecule is CCCCCNC(=O)C(C)NC(c1cccs1)C(C)C. The summed E-state index contributed by atoms with van der Waals surface area (Å²) < 4.78 is 0. The first-order chi connectivity index (χ1) is 9.56. The van der Waals surface area contributed by atoms with Crippen molar-refractivity contribution in [2.24, 2.45) is 5.92 Å². The lowest BCUT2D eigenvalue weighted by Crippen LogP contribution is -2.44. The molecule has 0 aliphatic rings.